The van der Waals surface area contributed by atoms with Gasteiger partial charge in [0.2, 0.25) is 0 Å². The van der Waals surface area contributed by atoms with Crippen LogP contribution in [0.4, 0.5) is 15.9 Å². The molecule has 9 heteroatoms. The molecule has 7 nitrogen and oxygen atoms in total. The highest BCUT2D eigenvalue weighted by molar-refractivity contribution is 6.30. The number of carboxylic acid groups (broad SMARTS) is 1. The van der Waals surface area contributed by atoms with Gasteiger partial charge in [-0.2, -0.15) is 0 Å². The summed E-state index contributed by atoms with van der Waals surface area (Å²) in [5.41, 5.74) is 1.20. The van der Waals surface area contributed by atoms with Gasteiger partial charge in [-0.25, -0.2) is 19.2 Å². The molecule has 174 valence electrons. The zero-order valence-corrected chi connectivity index (χ0v) is 19.3. The van der Waals surface area contributed by atoms with E-state index in [4.69, 9.17) is 16.3 Å². The van der Waals surface area contributed by atoms with Crippen molar-refractivity contribution in [2.75, 3.05) is 5.32 Å². The number of halogens is 2. The molecule has 0 aliphatic rings. The van der Waals surface area contributed by atoms with Crippen LogP contribution in [-0.2, 0) is 6.61 Å². The molecule has 2 N–H and O–H groups in total. The topological polar surface area (TPSA) is 97.2 Å². The van der Waals surface area contributed by atoms with Crippen molar-refractivity contribution in [2.24, 2.45) is 0 Å². The van der Waals surface area contributed by atoms with Crippen LogP contribution in [0.15, 0.2) is 73.2 Å². The third-order valence-electron chi connectivity index (χ3n) is 4.47. The first-order chi connectivity index (χ1) is 16.5. The molecule has 4 aromatic rings. The van der Waals surface area contributed by atoms with Crippen LogP contribution in [0, 0.1) is 5.82 Å². The third-order valence-corrected chi connectivity index (χ3v) is 4.70. The Bertz CT molecular complexity index is 1270. The number of hydrogen-bond acceptors (Lipinski definition) is 6. The van der Waals surface area contributed by atoms with Crippen LogP contribution in [0.2, 0.25) is 5.02 Å². The second-order valence-corrected chi connectivity index (χ2v) is 7.09. The van der Waals surface area contributed by atoms with Crippen LogP contribution in [0.3, 0.4) is 0 Å². The first-order valence-electron chi connectivity index (χ1n) is 10.4. The fourth-order valence-electron chi connectivity index (χ4n) is 2.90. The predicted molar refractivity (Wildman–Crippen MR) is 129 cm³/mol. The molecule has 0 atom stereocenters. The third kappa shape index (κ3) is 6.05. The van der Waals surface area contributed by atoms with Gasteiger partial charge in [0.25, 0.3) is 0 Å². The summed E-state index contributed by atoms with van der Waals surface area (Å²) in [4.78, 5) is 24.0. The maximum absolute atomic E-state index is 14.4. The van der Waals surface area contributed by atoms with Crippen molar-refractivity contribution in [1.29, 1.82) is 0 Å². The average molecular weight is 481 g/mol. The number of aromatic nitrogens is 3. The van der Waals surface area contributed by atoms with E-state index in [-0.39, 0.29) is 40.8 Å². The number of pyridine rings is 1. The summed E-state index contributed by atoms with van der Waals surface area (Å²) in [7, 11) is 0. The molecular weight excluding hydrogens is 459 g/mol. The van der Waals surface area contributed by atoms with Crippen molar-refractivity contribution in [2.45, 2.75) is 20.5 Å². The molecule has 0 aliphatic heterocycles. The van der Waals surface area contributed by atoms with Crippen molar-refractivity contribution in [3.05, 3.63) is 95.2 Å². The highest BCUT2D eigenvalue weighted by Crippen LogP contribution is 2.31. The Balaban J connectivity index is 0.00000158. The fraction of sp³-hybridized carbons (Fsp3) is 0.120. The van der Waals surface area contributed by atoms with Crippen molar-refractivity contribution >= 4 is 29.1 Å². The van der Waals surface area contributed by atoms with E-state index in [2.05, 4.69) is 20.3 Å². The minimum atomic E-state index is -1.16. The van der Waals surface area contributed by atoms with Crippen LogP contribution in [0.5, 0.6) is 5.75 Å². The van der Waals surface area contributed by atoms with Gasteiger partial charge in [-0.15, -0.1) is 0 Å². The largest absolute Gasteiger partial charge is 0.483 e. The normalized spacial score (nSPS) is 10.1. The highest BCUT2D eigenvalue weighted by atomic mass is 35.5. The number of ether oxygens (including phenoxy) is 1. The summed E-state index contributed by atoms with van der Waals surface area (Å²) in [5.74, 6) is -1.23. The first kappa shape index (κ1) is 24.6. The summed E-state index contributed by atoms with van der Waals surface area (Å²) in [6.45, 7) is 4.23. The maximum atomic E-state index is 14.4. The lowest BCUT2D eigenvalue weighted by molar-refractivity contribution is 0.0697. The van der Waals surface area contributed by atoms with Crippen molar-refractivity contribution < 1.29 is 19.0 Å². The molecule has 0 bridgehead atoms. The molecular formula is C25H22ClFN4O3. The molecule has 0 fully saturated rings. The lowest BCUT2D eigenvalue weighted by atomic mass is 10.2. The number of nitrogens with zero attached hydrogens (tertiary/aromatic N) is 3. The molecule has 0 amide bonds. The summed E-state index contributed by atoms with van der Waals surface area (Å²) in [6.07, 6.45) is 4.06. The van der Waals surface area contributed by atoms with E-state index >= 15 is 0 Å². The van der Waals surface area contributed by atoms with Gasteiger partial charge in [0, 0.05) is 17.4 Å². The second kappa shape index (κ2) is 11.7. The lowest BCUT2D eigenvalue weighted by Gasteiger charge is -2.15. The van der Waals surface area contributed by atoms with E-state index < -0.39 is 11.8 Å². The van der Waals surface area contributed by atoms with E-state index in [1.807, 2.05) is 44.2 Å². The van der Waals surface area contributed by atoms with E-state index in [0.717, 1.165) is 5.56 Å². The Labute approximate surface area is 201 Å². The number of benzene rings is 2. The Hall–Kier alpha value is -4.04. The molecule has 4 rings (SSSR count). The van der Waals surface area contributed by atoms with Gasteiger partial charge in [-0.1, -0.05) is 55.8 Å². The van der Waals surface area contributed by atoms with Crippen molar-refractivity contribution in [3.63, 3.8) is 0 Å². The molecule has 34 heavy (non-hydrogen) atoms. The van der Waals surface area contributed by atoms with Gasteiger partial charge in [-0.05, 0) is 29.8 Å². The number of aromatic carboxylic acids is 1. The van der Waals surface area contributed by atoms with Crippen LogP contribution in [0.1, 0.15) is 29.8 Å². The van der Waals surface area contributed by atoms with Crippen LogP contribution in [-0.4, -0.2) is 26.0 Å². The van der Waals surface area contributed by atoms with Crippen LogP contribution < -0.4 is 10.1 Å². The first-order valence-corrected chi connectivity index (χ1v) is 10.8. The highest BCUT2D eigenvalue weighted by Gasteiger charge is 2.17. The second-order valence-electron chi connectivity index (χ2n) is 6.66. The Morgan fingerprint density at radius 1 is 1.12 bits per heavy atom. The smallest absolute Gasteiger partial charge is 0.339 e. The standard InChI is InChI=1S/C23H16ClFN4O3.C2H6/c24-15-6-7-18(25)16(10-15)21-27-12-20(32-13-14-4-2-1-3-5-14)22(29-21)28-19-8-9-26-11-17(19)23(30)31;1-2/h1-12H,13H2,(H,30,31)(H,26,27,28,29);1-2H3. The quantitative estimate of drug-likeness (QED) is 0.317. The van der Waals surface area contributed by atoms with Gasteiger partial charge in [0.1, 0.15) is 18.0 Å². The van der Waals surface area contributed by atoms with Crippen LogP contribution in [0.25, 0.3) is 11.4 Å². The molecule has 0 unspecified atom stereocenters. The number of hydrogen-bond donors (Lipinski definition) is 2. The zero-order chi connectivity index (χ0) is 24.5. The number of rotatable bonds is 7. The molecule has 2 aromatic carbocycles. The molecule has 0 spiro atoms. The van der Waals surface area contributed by atoms with Gasteiger partial charge < -0.3 is 15.2 Å². The SMILES string of the molecule is CC.O=C(O)c1cnccc1Nc1nc(-c2cc(Cl)ccc2F)ncc1OCc1ccccc1. The van der Waals surface area contributed by atoms with Crippen molar-refractivity contribution in [1.82, 2.24) is 15.0 Å². The number of carbonyl (C=O) groups is 1. The van der Waals surface area contributed by atoms with Crippen molar-refractivity contribution in [3.8, 4) is 17.1 Å². The van der Waals surface area contributed by atoms with Gasteiger partial charge >= 0.3 is 5.97 Å². The fourth-order valence-corrected chi connectivity index (χ4v) is 3.07. The minimum absolute atomic E-state index is 0.0596. The van der Waals surface area contributed by atoms with Gasteiger partial charge in [-0.3, -0.25) is 4.98 Å². The molecule has 2 aromatic heterocycles. The minimum Gasteiger partial charge on any atom is -0.483 e. The summed E-state index contributed by atoms with van der Waals surface area (Å²) >= 11 is 6.01. The van der Waals surface area contributed by atoms with E-state index in [0.29, 0.717) is 5.02 Å². The Morgan fingerprint density at radius 3 is 2.62 bits per heavy atom. The lowest BCUT2D eigenvalue weighted by Crippen LogP contribution is -2.07. The zero-order valence-electron chi connectivity index (χ0n) is 18.5. The molecule has 2 heterocycles. The van der Waals surface area contributed by atoms with E-state index in [1.54, 1.807) is 0 Å². The summed E-state index contributed by atoms with van der Waals surface area (Å²) in [6, 6.07) is 15.0. The molecule has 0 aliphatic carbocycles. The number of anilines is 2. The van der Waals surface area contributed by atoms with Crippen LogP contribution >= 0.6 is 11.6 Å². The summed E-state index contributed by atoms with van der Waals surface area (Å²) < 4.78 is 20.2. The number of nitrogens with one attached hydrogen (secondary N) is 1. The predicted octanol–water partition coefficient (Wildman–Crippen LogP) is 6.38. The average Bonchev–Trinajstić information content (AvgIpc) is 2.87. The molecule has 0 saturated carbocycles. The maximum Gasteiger partial charge on any atom is 0.339 e. The van der Waals surface area contributed by atoms with E-state index in [9.17, 15) is 14.3 Å². The summed E-state index contributed by atoms with van der Waals surface area (Å²) in [5, 5.41) is 12.7. The van der Waals surface area contributed by atoms with Gasteiger partial charge in [0.15, 0.2) is 17.4 Å². The molecule has 0 radical (unpaired) electrons. The number of carboxylic acids is 1. The Kier molecular flexibility index (Phi) is 8.48. The molecule has 0 saturated heterocycles. The van der Waals surface area contributed by atoms with E-state index in [1.165, 1.54) is 42.9 Å². The van der Waals surface area contributed by atoms with Gasteiger partial charge in [0.05, 0.1) is 17.4 Å². The monoisotopic (exact) mass is 480 g/mol. The Morgan fingerprint density at radius 2 is 1.88 bits per heavy atom.